The number of aliphatic hydroxyl groups excluding tert-OH is 3. The molecule has 5 unspecified atom stereocenters. The van der Waals surface area contributed by atoms with Crippen molar-refractivity contribution >= 4 is 12.1 Å². The van der Waals surface area contributed by atoms with Crippen molar-refractivity contribution in [1.29, 1.82) is 0 Å². The average molecular weight is 251 g/mol. The summed E-state index contributed by atoms with van der Waals surface area (Å²) in [5.74, 6) is -1.55. The van der Waals surface area contributed by atoms with Crippen LogP contribution in [0.15, 0.2) is 0 Å². The molecule has 0 aliphatic carbocycles. The second-order valence-electron chi connectivity index (χ2n) is 3.39. The second-order valence-corrected chi connectivity index (χ2v) is 3.39. The van der Waals surface area contributed by atoms with E-state index in [9.17, 15) is 24.9 Å². The summed E-state index contributed by atoms with van der Waals surface area (Å²) in [4.78, 5) is 21.6. The molecule has 98 valence electrons. The number of rotatable bonds is 2. The first-order valence-corrected chi connectivity index (χ1v) is 4.69. The molecule has 1 amide bonds. The summed E-state index contributed by atoms with van der Waals surface area (Å²) in [5, 5.41) is 38.8. The van der Waals surface area contributed by atoms with Gasteiger partial charge in [0.25, 0.3) is 0 Å². The van der Waals surface area contributed by atoms with Crippen molar-refractivity contribution in [3.05, 3.63) is 0 Å². The molecule has 1 saturated heterocycles. The van der Waals surface area contributed by atoms with E-state index in [1.807, 2.05) is 0 Å². The van der Waals surface area contributed by atoms with Crippen LogP contribution in [0.25, 0.3) is 0 Å². The van der Waals surface area contributed by atoms with Crippen LogP contribution in [-0.2, 0) is 14.3 Å². The van der Waals surface area contributed by atoms with Gasteiger partial charge in [-0.05, 0) is 0 Å². The Morgan fingerprint density at radius 3 is 2.24 bits per heavy atom. The van der Waals surface area contributed by atoms with Crippen LogP contribution < -0.4 is 5.32 Å². The van der Waals surface area contributed by atoms with Crippen LogP contribution in [0.3, 0.4) is 0 Å². The third-order valence-electron chi connectivity index (χ3n) is 2.24. The van der Waals surface area contributed by atoms with Crippen LogP contribution in [0.5, 0.6) is 0 Å². The highest BCUT2D eigenvalue weighted by Gasteiger charge is 2.48. The van der Waals surface area contributed by atoms with Gasteiger partial charge in [0.2, 0.25) is 6.29 Å². The van der Waals surface area contributed by atoms with E-state index in [1.54, 1.807) is 0 Å². The Morgan fingerprint density at radius 2 is 1.76 bits per heavy atom. The molecular formula is C8H13NO8. The van der Waals surface area contributed by atoms with Crippen LogP contribution in [-0.4, -0.2) is 70.2 Å². The maximum Gasteiger partial charge on any atom is 0.409 e. The van der Waals surface area contributed by atoms with E-state index in [1.165, 1.54) is 7.05 Å². The first kappa shape index (κ1) is 13.6. The number of aliphatic hydroxyl groups is 3. The van der Waals surface area contributed by atoms with E-state index in [0.29, 0.717) is 0 Å². The number of nitrogens with one attached hydrogen (secondary N) is 1. The summed E-state index contributed by atoms with van der Waals surface area (Å²) in [6, 6.07) is 0. The first-order chi connectivity index (χ1) is 7.88. The molecule has 1 aliphatic heterocycles. The zero-order valence-electron chi connectivity index (χ0n) is 8.81. The Kier molecular flexibility index (Phi) is 4.23. The summed E-state index contributed by atoms with van der Waals surface area (Å²) in [6.07, 6.45) is -9.77. The average Bonchev–Trinajstić information content (AvgIpc) is 2.29. The molecule has 1 rings (SSSR count). The lowest BCUT2D eigenvalue weighted by molar-refractivity contribution is -0.278. The highest BCUT2D eigenvalue weighted by molar-refractivity contribution is 5.73. The minimum atomic E-state index is -1.81. The molecule has 0 saturated carbocycles. The minimum Gasteiger partial charge on any atom is -0.479 e. The highest BCUT2D eigenvalue weighted by atomic mass is 16.7. The summed E-state index contributed by atoms with van der Waals surface area (Å²) in [5.41, 5.74) is 0. The molecular weight excluding hydrogens is 238 g/mol. The van der Waals surface area contributed by atoms with E-state index in [2.05, 4.69) is 14.8 Å². The summed E-state index contributed by atoms with van der Waals surface area (Å²) in [7, 11) is 1.25. The molecule has 0 bridgehead atoms. The molecule has 0 aromatic heterocycles. The molecule has 1 heterocycles. The number of carboxylic acids is 1. The number of ether oxygens (including phenoxy) is 2. The molecule has 9 nitrogen and oxygen atoms in total. The standard InChI is InChI=1S/C8H13NO8/c1-9-8(15)17-7-4(12)2(10)3(11)5(16-7)6(13)14/h2-5,7,10-12H,1H3,(H,9,15)(H,13,14). The van der Waals surface area contributed by atoms with E-state index in [0.717, 1.165) is 0 Å². The van der Waals surface area contributed by atoms with Gasteiger partial charge in [-0.3, -0.25) is 0 Å². The van der Waals surface area contributed by atoms with Crippen molar-refractivity contribution in [2.75, 3.05) is 7.05 Å². The molecule has 0 radical (unpaired) electrons. The second kappa shape index (κ2) is 5.27. The number of carbonyl (C=O) groups excluding carboxylic acids is 1. The Hall–Kier alpha value is -1.42. The van der Waals surface area contributed by atoms with Gasteiger partial charge in [0.05, 0.1) is 0 Å². The normalized spacial score (nSPS) is 37.3. The third kappa shape index (κ3) is 2.82. The first-order valence-electron chi connectivity index (χ1n) is 4.69. The molecule has 5 atom stereocenters. The van der Waals surface area contributed by atoms with Crippen molar-refractivity contribution in [2.45, 2.75) is 30.7 Å². The Morgan fingerprint density at radius 1 is 1.18 bits per heavy atom. The van der Waals surface area contributed by atoms with Gasteiger partial charge in [0.1, 0.15) is 18.3 Å². The molecule has 9 heteroatoms. The van der Waals surface area contributed by atoms with Crippen molar-refractivity contribution in [3.63, 3.8) is 0 Å². The molecule has 1 fully saturated rings. The van der Waals surface area contributed by atoms with Gasteiger partial charge in [-0.1, -0.05) is 0 Å². The Bertz CT molecular complexity index is 308. The van der Waals surface area contributed by atoms with Crippen LogP contribution in [0.1, 0.15) is 0 Å². The molecule has 5 N–H and O–H groups in total. The lowest BCUT2D eigenvalue weighted by Gasteiger charge is -2.37. The van der Waals surface area contributed by atoms with E-state index < -0.39 is 42.8 Å². The highest BCUT2D eigenvalue weighted by Crippen LogP contribution is 2.22. The number of hydrogen-bond acceptors (Lipinski definition) is 7. The monoisotopic (exact) mass is 251 g/mol. The fourth-order valence-corrected chi connectivity index (χ4v) is 1.31. The van der Waals surface area contributed by atoms with Gasteiger partial charge in [0, 0.05) is 7.05 Å². The lowest BCUT2D eigenvalue weighted by Crippen LogP contribution is -2.60. The molecule has 0 aromatic rings. The summed E-state index contributed by atoms with van der Waals surface area (Å²) < 4.78 is 9.17. The number of alkyl carbamates (subject to hydrolysis) is 1. The number of amides is 1. The Balaban J connectivity index is 2.78. The molecule has 0 aromatic carbocycles. The fourth-order valence-electron chi connectivity index (χ4n) is 1.31. The summed E-state index contributed by atoms with van der Waals surface area (Å²) >= 11 is 0. The van der Waals surface area contributed by atoms with Crippen LogP contribution >= 0.6 is 0 Å². The maximum atomic E-state index is 10.9. The lowest BCUT2D eigenvalue weighted by atomic mass is 9.99. The number of aliphatic carboxylic acids is 1. The van der Waals surface area contributed by atoms with Crippen molar-refractivity contribution in [2.24, 2.45) is 0 Å². The van der Waals surface area contributed by atoms with E-state index in [4.69, 9.17) is 5.11 Å². The largest absolute Gasteiger partial charge is 0.479 e. The van der Waals surface area contributed by atoms with Crippen LogP contribution in [0, 0.1) is 0 Å². The predicted molar refractivity (Wildman–Crippen MR) is 49.9 cm³/mol. The van der Waals surface area contributed by atoms with Crippen LogP contribution in [0.4, 0.5) is 4.79 Å². The van der Waals surface area contributed by atoms with Gasteiger partial charge < -0.3 is 35.2 Å². The van der Waals surface area contributed by atoms with Crippen molar-refractivity contribution in [3.8, 4) is 0 Å². The SMILES string of the molecule is CNC(=O)OC1OC(C(=O)O)C(O)C(O)C1O. The molecule has 1 aliphatic rings. The molecule has 0 spiro atoms. The van der Waals surface area contributed by atoms with Gasteiger partial charge in [0.15, 0.2) is 6.10 Å². The van der Waals surface area contributed by atoms with Gasteiger partial charge in [-0.2, -0.15) is 0 Å². The quantitative estimate of drug-likeness (QED) is 0.354. The zero-order chi connectivity index (χ0) is 13.2. The van der Waals surface area contributed by atoms with Crippen molar-refractivity contribution < 1.29 is 39.5 Å². The van der Waals surface area contributed by atoms with Crippen LogP contribution in [0.2, 0.25) is 0 Å². The number of hydrogen-bond donors (Lipinski definition) is 5. The minimum absolute atomic E-state index is 0.971. The molecule has 17 heavy (non-hydrogen) atoms. The topological polar surface area (TPSA) is 146 Å². The fraction of sp³-hybridized carbons (Fsp3) is 0.750. The predicted octanol–water partition coefficient (Wildman–Crippen LogP) is -2.77. The van der Waals surface area contributed by atoms with E-state index >= 15 is 0 Å². The van der Waals surface area contributed by atoms with Gasteiger partial charge >= 0.3 is 12.1 Å². The van der Waals surface area contributed by atoms with E-state index in [-0.39, 0.29) is 0 Å². The maximum absolute atomic E-state index is 10.9. The van der Waals surface area contributed by atoms with Crippen molar-refractivity contribution in [1.82, 2.24) is 5.32 Å². The third-order valence-corrected chi connectivity index (χ3v) is 2.24. The van der Waals surface area contributed by atoms with Gasteiger partial charge in [-0.15, -0.1) is 0 Å². The number of carbonyl (C=O) groups is 2. The smallest absolute Gasteiger partial charge is 0.409 e. The zero-order valence-corrected chi connectivity index (χ0v) is 8.81. The number of carboxylic acid groups (broad SMARTS) is 1. The van der Waals surface area contributed by atoms with Gasteiger partial charge in [-0.25, -0.2) is 9.59 Å². The Labute approximate surface area is 95.6 Å². The summed E-state index contributed by atoms with van der Waals surface area (Å²) in [6.45, 7) is 0.